The van der Waals surface area contributed by atoms with Gasteiger partial charge in [0, 0.05) is 17.5 Å². The number of nitrogens with zero attached hydrogens (tertiary/aromatic N) is 2. The number of hydrogen-bond acceptors (Lipinski definition) is 6. The topological polar surface area (TPSA) is 87.1 Å². The Morgan fingerprint density at radius 3 is 2.58 bits per heavy atom. The quantitative estimate of drug-likeness (QED) is 0.182. The molecule has 1 N–H and O–H groups in total. The lowest BCUT2D eigenvalue weighted by molar-refractivity contribution is -0.155. The molecule has 2 amide bonds. The Morgan fingerprint density at radius 1 is 1.16 bits per heavy atom. The Kier molecular flexibility index (Phi) is 9.37. The zero-order chi connectivity index (χ0) is 30.9. The minimum Gasteiger partial charge on any atom is -0.465 e. The zero-order valence-electron chi connectivity index (χ0n) is 25.5. The number of allylic oxidation sites excluding steroid dienone is 1. The van der Waals surface area contributed by atoms with Crippen molar-refractivity contribution >= 4 is 46.0 Å². The molecule has 2 bridgehead atoms. The van der Waals surface area contributed by atoms with Gasteiger partial charge in [-0.2, -0.15) is 0 Å². The number of hydrogen-bond donors (Lipinski definition) is 1. The predicted molar refractivity (Wildman–Crippen MR) is 173 cm³/mol. The molecule has 5 rings (SSSR count). The summed E-state index contributed by atoms with van der Waals surface area (Å²) in [5.74, 6) is -2.16. The summed E-state index contributed by atoms with van der Waals surface area (Å²) in [5, 5.41) is 12.5. The fraction of sp³-hybridized carbons (Fsp3) is 0.514. The number of aliphatic hydroxyl groups excluding tert-OH is 1. The van der Waals surface area contributed by atoms with E-state index in [0.29, 0.717) is 6.61 Å². The number of rotatable bonds is 13. The minimum absolute atomic E-state index is 0.0146. The molecule has 3 saturated heterocycles. The number of likely N-dealkylation sites (tertiary alicyclic amines) is 1. The SMILES string of the molecule is C=CCCCCOC(=O)[C@@H]1[C@H]2C(=O)N([C@@H](CO)C(C)C)C(C(=O)N(CC=C)c3ccc4ccccc4c3)C23S[C@@H]1CC3C. The lowest BCUT2D eigenvalue weighted by Gasteiger charge is -2.42. The van der Waals surface area contributed by atoms with Gasteiger partial charge in [0.2, 0.25) is 5.91 Å². The summed E-state index contributed by atoms with van der Waals surface area (Å²) >= 11 is 1.63. The van der Waals surface area contributed by atoms with Gasteiger partial charge < -0.3 is 19.6 Å². The number of anilines is 1. The van der Waals surface area contributed by atoms with E-state index >= 15 is 0 Å². The first-order chi connectivity index (χ1) is 20.7. The normalized spacial score (nSPS) is 28.3. The molecule has 3 aliphatic rings. The number of carbonyl (C=O) groups excluding carboxylic acids is 3. The maximum atomic E-state index is 15.0. The van der Waals surface area contributed by atoms with Gasteiger partial charge in [-0.15, -0.1) is 24.9 Å². The maximum Gasteiger partial charge on any atom is 0.310 e. The summed E-state index contributed by atoms with van der Waals surface area (Å²) in [6.45, 7) is 14.0. The van der Waals surface area contributed by atoms with Crippen LogP contribution < -0.4 is 4.90 Å². The van der Waals surface area contributed by atoms with Crippen LogP contribution >= 0.6 is 11.8 Å². The number of fused-ring (bicyclic) bond motifs is 2. The first-order valence-electron chi connectivity index (χ1n) is 15.5. The number of amides is 2. The summed E-state index contributed by atoms with van der Waals surface area (Å²) in [4.78, 5) is 46.5. The van der Waals surface area contributed by atoms with Crippen molar-refractivity contribution in [2.24, 2.45) is 23.7 Å². The highest BCUT2D eigenvalue weighted by molar-refractivity contribution is 8.02. The van der Waals surface area contributed by atoms with E-state index in [4.69, 9.17) is 4.74 Å². The van der Waals surface area contributed by atoms with Crippen molar-refractivity contribution in [2.75, 3.05) is 24.7 Å². The minimum atomic E-state index is -0.841. The number of carbonyl (C=O) groups is 3. The molecule has 7 atom stereocenters. The monoisotopic (exact) mass is 604 g/mol. The third-order valence-corrected chi connectivity index (χ3v) is 11.7. The Labute approximate surface area is 259 Å². The Bertz CT molecular complexity index is 1390. The van der Waals surface area contributed by atoms with Gasteiger partial charge in [-0.05, 0) is 60.4 Å². The smallest absolute Gasteiger partial charge is 0.310 e. The van der Waals surface area contributed by atoms with Crippen LogP contribution in [0.1, 0.15) is 46.5 Å². The fourth-order valence-corrected chi connectivity index (χ4v) is 9.98. The zero-order valence-corrected chi connectivity index (χ0v) is 26.3. The summed E-state index contributed by atoms with van der Waals surface area (Å²) in [6.07, 6.45) is 6.75. The van der Waals surface area contributed by atoms with Crippen molar-refractivity contribution < 1.29 is 24.2 Å². The van der Waals surface area contributed by atoms with Gasteiger partial charge in [0.1, 0.15) is 6.04 Å². The third kappa shape index (κ3) is 5.31. The predicted octanol–water partition coefficient (Wildman–Crippen LogP) is 5.61. The van der Waals surface area contributed by atoms with E-state index in [-0.39, 0.29) is 48.0 Å². The summed E-state index contributed by atoms with van der Waals surface area (Å²) in [6, 6.07) is 12.5. The van der Waals surface area contributed by atoms with Crippen LogP contribution in [0, 0.1) is 23.7 Å². The largest absolute Gasteiger partial charge is 0.465 e. The van der Waals surface area contributed by atoms with Crippen molar-refractivity contribution in [1.29, 1.82) is 0 Å². The average molecular weight is 605 g/mol. The van der Waals surface area contributed by atoms with Gasteiger partial charge in [-0.3, -0.25) is 14.4 Å². The molecule has 230 valence electrons. The highest BCUT2D eigenvalue weighted by atomic mass is 32.2. The number of unbranched alkanes of at least 4 members (excludes halogenated alkanes) is 2. The van der Waals surface area contributed by atoms with Crippen LogP contribution in [0.4, 0.5) is 5.69 Å². The van der Waals surface area contributed by atoms with Crippen molar-refractivity contribution in [2.45, 2.75) is 68.5 Å². The van der Waals surface area contributed by atoms with Crippen LogP contribution in [0.15, 0.2) is 67.8 Å². The molecule has 7 nitrogen and oxygen atoms in total. The van der Waals surface area contributed by atoms with E-state index in [1.807, 2.05) is 62.4 Å². The van der Waals surface area contributed by atoms with E-state index in [2.05, 4.69) is 20.1 Å². The number of aliphatic hydroxyl groups is 1. The molecule has 43 heavy (non-hydrogen) atoms. The molecular weight excluding hydrogens is 560 g/mol. The Balaban J connectivity index is 1.56. The highest BCUT2D eigenvalue weighted by Gasteiger charge is 2.77. The van der Waals surface area contributed by atoms with Crippen LogP contribution in [0.3, 0.4) is 0 Å². The highest BCUT2D eigenvalue weighted by Crippen LogP contribution is 2.69. The van der Waals surface area contributed by atoms with E-state index in [9.17, 15) is 19.5 Å². The molecule has 3 aliphatic heterocycles. The van der Waals surface area contributed by atoms with Gasteiger partial charge in [-0.1, -0.05) is 63.3 Å². The Hall–Kier alpha value is -3.10. The number of ether oxygens (including phenoxy) is 1. The molecular formula is C35H44N2O5S. The molecule has 2 aromatic carbocycles. The van der Waals surface area contributed by atoms with E-state index in [1.165, 1.54) is 0 Å². The van der Waals surface area contributed by atoms with Gasteiger partial charge in [0.25, 0.3) is 5.91 Å². The number of benzene rings is 2. The summed E-state index contributed by atoms with van der Waals surface area (Å²) in [5.41, 5.74) is 0.724. The lowest BCUT2D eigenvalue weighted by Crippen LogP contribution is -2.60. The summed E-state index contributed by atoms with van der Waals surface area (Å²) in [7, 11) is 0. The molecule has 3 heterocycles. The fourth-order valence-electron chi connectivity index (χ4n) is 7.59. The average Bonchev–Trinajstić information content (AvgIpc) is 3.59. The van der Waals surface area contributed by atoms with Gasteiger partial charge >= 0.3 is 5.97 Å². The molecule has 8 heteroatoms. The molecule has 1 spiro atoms. The van der Waals surface area contributed by atoms with E-state index < -0.39 is 28.7 Å². The Morgan fingerprint density at radius 2 is 1.91 bits per heavy atom. The standard InChI is InChI=1S/C35H44N2O5S/c1-6-8-9-12-18-42-34(41)29-28-19-23(5)35(43-28)30(29)32(39)37(27(21-38)22(3)4)31(35)33(40)36(17-7-2)26-16-15-24-13-10-11-14-25(24)20-26/h6-7,10-11,13-16,20,22-23,27-31,38H,1-2,8-9,12,17-19,21H2,3-5H3/t23?,27-,28+,29-,30-,31?,35?/m0/s1. The molecule has 0 aliphatic carbocycles. The van der Waals surface area contributed by atoms with Crippen LogP contribution in [0.2, 0.25) is 0 Å². The first kappa shape index (κ1) is 31.3. The molecule has 0 aromatic heterocycles. The molecule has 0 radical (unpaired) electrons. The molecule has 2 aromatic rings. The van der Waals surface area contributed by atoms with Crippen molar-refractivity contribution in [1.82, 2.24) is 4.90 Å². The van der Waals surface area contributed by atoms with Gasteiger partial charge in [-0.25, -0.2) is 0 Å². The van der Waals surface area contributed by atoms with Crippen LogP contribution in [0.5, 0.6) is 0 Å². The van der Waals surface area contributed by atoms with Gasteiger partial charge in [0.05, 0.1) is 35.8 Å². The maximum absolute atomic E-state index is 15.0. The van der Waals surface area contributed by atoms with Crippen molar-refractivity contribution in [3.8, 4) is 0 Å². The summed E-state index contributed by atoms with van der Waals surface area (Å²) < 4.78 is 4.96. The van der Waals surface area contributed by atoms with Crippen LogP contribution in [-0.2, 0) is 19.1 Å². The van der Waals surface area contributed by atoms with E-state index in [0.717, 1.165) is 42.1 Å². The molecule has 0 saturated carbocycles. The van der Waals surface area contributed by atoms with Crippen molar-refractivity contribution in [3.63, 3.8) is 0 Å². The third-order valence-electron chi connectivity index (χ3n) is 9.67. The number of thioether (sulfide) groups is 1. The molecule has 3 unspecified atom stereocenters. The second-order valence-corrected chi connectivity index (χ2v) is 14.1. The van der Waals surface area contributed by atoms with Crippen LogP contribution in [0.25, 0.3) is 10.8 Å². The van der Waals surface area contributed by atoms with Gasteiger partial charge in [0.15, 0.2) is 0 Å². The van der Waals surface area contributed by atoms with Crippen LogP contribution in [-0.4, -0.2) is 69.6 Å². The second-order valence-electron chi connectivity index (χ2n) is 12.5. The van der Waals surface area contributed by atoms with E-state index in [1.54, 1.807) is 27.6 Å². The molecule has 3 fully saturated rings. The lowest BCUT2D eigenvalue weighted by atomic mass is 9.66. The first-order valence-corrected chi connectivity index (χ1v) is 16.4. The number of esters is 1. The second kappa shape index (κ2) is 12.9. The van der Waals surface area contributed by atoms with Crippen molar-refractivity contribution in [3.05, 3.63) is 67.8 Å².